The third kappa shape index (κ3) is 4.35. The van der Waals surface area contributed by atoms with Gasteiger partial charge in [-0.15, -0.1) is 0 Å². The van der Waals surface area contributed by atoms with Crippen LogP contribution in [0.25, 0.3) is 11.3 Å². The highest BCUT2D eigenvalue weighted by Crippen LogP contribution is 2.22. The molecule has 1 aromatic heterocycles. The standard InChI is InChI=1S/C16H18FNO3S/c1-16(20,10-22-2)9-18-15(19)14-8-7-13(21-14)11-3-5-12(17)6-4-11/h3-8,20H,9-10H2,1-2H3,(H,18,19). The number of hydrogen-bond acceptors (Lipinski definition) is 4. The minimum absolute atomic E-state index is 0.138. The molecule has 6 heteroatoms. The van der Waals surface area contributed by atoms with Crippen LogP contribution in [-0.4, -0.2) is 35.2 Å². The Hall–Kier alpha value is -1.79. The van der Waals surface area contributed by atoms with E-state index in [0.29, 0.717) is 17.1 Å². The molecule has 0 saturated heterocycles. The van der Waals surface area contributed by atoms with Gasteiger partial charge in [0.15, 0.2) is 5.76 Å². The molecular weight excluding hydrogens is 305 g/mol. The van der Waals surface area contributed by atoms with E-state index in [4.69, 9.17) is 4.42 Å². The van der Waals surface area contributed by atoms with Crippen LogP contribution in [0.1, 0.15) is 17.5 Å². The number of benzene rings is 1. The molecule has 1 amide bonds. The van der Waals surface area contributed by atoms with Crippen LogP contribution in [0.2, 0.25) is 0 Å². The minimum Gasteiger partial charge on any atom is -0.451 e. The number of halogens is 1. The van der Waals surface area contributed by atoms with Crippen molar-refractivity contribution in [2.75, 3.05) is 18.6 Å². The molecule has 0 saturated carbocycles. The van der Waals surface area contributed by atoms with E-state index in [1.54, 1.807) is 31.2 Å². The van der Waals surface area contributed by atoms with Crippen LogP contribution in [0.5, 0.6) is 0 Å². The zero-order chi connectivity index (χ0) is 16.2. The summed E-state index contributed by atoms with van der Waals surface area (Å²) in [7, 11) is 0. The smallest absolute Gasteiger partial charge is 0.287 e. The van der Waals surface area contributed by atoms with E-state index < -0.39 is 11.5 Å². The van der Waals surface area contributed by atoms with Crippen molar-refractivity contribution < 1.29 is 18.7 Å². The number of amides is 1. The Morgan fingerprint density at radius 2 is 2.00 bits per heavy atom. The Balaban J connectivity index is 2.02. The van der Waals surface area contributed by atoms with Gasteiger partial charge in [-0.2, -0.15) is 11.8 Å². The van der Waals surface area contributed by atoms with Crippen LogP contribution >= 0.6 is 11.8 Å². The fraction of sp³-hybridized carbons (Fsp3) is 0.312. The van der Waals surface area contributed by atoms with Crippen LogP contribution in [0.4, 0.5) is 4.39 Å². The van der Waals surface area contributed by atoms with Gasteiger partial charge in [0.1, 0.15) is 11.6 Å². The lowest BCUT2D eigenvalue weighted by atomic mass is 10.1. The van der Waals surface area contributed by atoms with Gasteiger partial charge in [-0.3, -0.25) is 4.79 Å². The molecule has 118 valence electrons. The average Bonchev–Trinajstić information content (AvgIpc) is 2.95. The summed E-state index contributed by atoms with van der Waals surface area (Å²) in [4.78, 5) is 12.0. The highest BCUT2D eigenvalue weighted by molar-refractivity contribution is 7.98. The maximum absolute atomic E-state index is 12.9. The fourth-order valence-electron chi connectivity index (χ4n) is 1.95. The second-order valence-corrected chi connectivity index (χ2v) is 6.15. The molecule has 2 N–H and O–H groups in total. The van der Waals surface area contributed by atoms with Crippen LogP contribution in [0.3, 0.4) is 0 Å². The maximum atomic E-state index is 12.9. The number of carbonyl (C=O) groups is 1. The van der Waals surface area contributed by atoms with E-state index in [0.717, 1.165) is 0 Å². The molecule has 0 aliphatic rings. The Bertz CT molecular complexity index is 637. The Morgan fingerprint density at radius 1 is 1.32 bits per heavy atom. The summed E-state index contributed by atoms with van der Waals surface area (Å²) in [5.74, 6) is 0.436. The molecule has 2 aromatic rings. The van der Waals surface area contributed by atoms with Crippen molar-refractivity contribution in [3.8, 4) is 11.3 Å². The third-order valence-electron chi connectivity index (χ3n) is 3.04. The summed E-state index contributed by atoms with van der Waals surface area (Å²) in [5.41, 5.74) is -0.281. The Labute approximate surface area is 132 Å². The molecule has 1 aromatic carbocycles. The molecule has 4 nitrogen and oxygen atoms in total. The van der Waals surface area contributed by atoms with Crippen molar-refractivity contribution in [2.45, 2.75) is 12.5 Å². The predicted molar refractivity (Wildman–Crippen MR) is 85.4 cm³/mol. The zero-order valence-electron chi connectivity index (χ0n) is 12.4. The summed E-state index contributed by atoms with van der Waals surface area (Å²) in [5, 5.41) is 12.7. The molecule has 1 atom stereocenters. The molecular formula is C16H18FNO3S. The van der Waals surface area contributed by atoms with E-state index in [2.05, 4.69) is 5.32 Å². The number of nitrogens with one attached hydrogen (secondary N) is 1. The SMILES string of the molecule is CSCC(C)(O)CNC(=O)c1ccc(-c2ccc(F)cc2)o1. The number of thioether (sulfide) groups is 1. The molecule has 0 radical (unpaired) electrons. The van der Waals surface area contributed by atoms with Crippen LogP contribution < -0.4 is 5.32 Å². The molecule has 0 bridgehead atoms. The number of furan rings is 1. The van der Waals surface area contributed by atoms with Crippen LogP contribution in [0.15, 0.2) is 40.8 Å². The summed E-state index contributed by atoms with van der Waals surface area (Å²) in [6.07, 6.45) is 1.89. The lowest BCUT2D eigenvalue weighted by Gasteiger charge is -2.22. The van der Waals surface area contributed by atoms with Gasteiger partial charge in [0.05, 0.1) is 5.60 Å². The topological polar surface area (TPSA) is 62.5 Å². The van der Waals surface area contributed by atoms with Gasteiger partial charge in [-0.25, -0.2) is 4.39 Å². The van der Waals surface area contributed by atoms with Gasteiger partial charge in [0.2, 0.25) is 0 Å². The Morgan fingerprint density at radius 3 is 2.64 bits per heavy atom. The van der Waals surface area contributed by atoms with E-state index in [-0.39, 0.29) is 18.1 Å². The van der Waals surface area contributed by atoms with Gasteiger partial charge in [-0.1, -0.05) is 0 Å². The highest BCUT2D eigenvalue weighted by Gasteiger charge is 2.21. The molecule has 0 spiro atoms. The molecule has 1 unspecified atom stereocenters. The zero-order valence-corrected chi connectivity index (χ0v) is 13.2. The van der Waals surface area contributed by atoms with Crippen molar-refractivity contribution in [1.82, 2.24) is 5.32 Å². The van der Waals surface area contributed by atoms with Crippen molar-refractivity contribution >= 4 is 17.7 Å². The van der Waals surface area contributed by atoms with Gasteiger partial charge in [0.25, 0.3) is 5.91 Å². The summed E-state index contributed by atoms with van der Waals surface area (Å²) < 4.78 is 18.4. The van der Waals surface area contributed by atoms with E-state index in [9.17, 15) is 14.3 Å². The van der Waals surface area contributed by atoms with Crippen molar-refractivity contribution in [2.24, 2.45) is 0 Å². The van der Waals surface area contributed by atoms with Crippen molar-refractivity contribution in [3.63, 3.8) is 0 Å². The van der Waals surface area contributed by atoms with Crippen LogP contribution in [-0.2, 0) is 0 Å². The van der Waals surface area contributed by atoms with Gasteiger partial charge >= 0.3 is 0 Å². The second-order valence-electron chi connectivity index (χ2n) is 5.28. The maximum Gasteiger partial charge on any atom is 0.287 e. The predicted octanol–water partition coefficient (Wildman–Crippen LogP) is 2.93. The Kier molecular flexibility index (Phi) is 5.26. The summed E-state index contributed by atoms with van der Waals surface area (Å²) >= 11 is 1.50. The van der Waals surface area contributed by atoms with Crippen molar-refractivity contribution in [3.05, 3.63) is 48.0 Å². The van der Waals surface area contributed by atoms with Crippen LogP contribution in [0, 0.1) is 5.82 Å². The molecule has 0 aliphatic carbocycles. The summed E-state index contributed by atoms with van der Waals surface area (Å²) in [6, 6.07) is 9.03. The molecule has 0 aliphatic heterocycles. The molecule has 22 heavy (non-hydrogen) atoms. The fourth-order valence-corrected chi connectivity index (χ4v) is 2.67. The first-order chi connectivity index (χ1) is 10.4. The van der Waals surface area contributed by atoms with Gasteiger partial charge in [0, 0.05) is 17.9 Å². The largest absolute Gasteiger partial charge is 0.451 e. The first kappa shape index (κ1) is 16.6. The monoisotopic (exact) mass is 323 g/mol. The van der Waals surface area contributed by atoms with Crippen molar-refractivity contribution in [1.29, 1.82) is 0 Å². The third-order valence-corrected chi connectivity index (χ3v) is 3.95. The average molecular weight is 323 g/mol. The van der Waals surface area contributed by atoms with E-state index >= 15 is 0 Å². The lowest BCUT2D eigenvalue weighted by molar-refractivity contribution is 0.0710. The first-order valence-electron chi connectivity index (χ1n) is 6.76. The quantitative estimate of drug-likeness (QED) is 0.858. The molecule has 2 rings (SSSR count). The highest BCUT2D eigenvalue weighted by atomic mass is 32.2. The summed E-state index contributed by atoms with van der Waals surface area (Å²) in [6.45, 7) is 1.80. The van der Waals surface area contributed by atoms with E-state index in [1.165, 1.54) is 23.9 Å². The number of hydrogen-bond donors (Lipinski definition) is 2. The van der Waals surface area contributed by atoms with Gasteiger partial charge < -0.3 is 14.8 Å². The normalized spacial score (nSPS) is 13.6. The number of aliphatic hydroxyl groups is 1. The number of carbonyl (C=O) groups excluding carboxylic acids is 1. The molecule has 0 fully saturated rings. The van der Waals surface area contributed by atoms with E-state index in [1.807, 2.05) is 6.26 Å². The second kappa shape index (κ2) is 6.98. The first-order valence-corrected chi connectivity index (χ1v) is 8.16. The number of rotatable bonds is 6. The molecule has 1 heterocycles. The minimum atomic E-state index is -0.971. The van der Waals surface area contributed by atoms with Gasteiger partial charge in [-0.05, 0) is 49.6 Å². The lowest BCUT2D eigenvalue weighted by Crippen LogP contribution is -2.42.